The van der Waals surface area contributed by atoms with E-state index in [1.54, 1.807) is 18.3 Å². The molecular weight excluding hydrogens is 302 g/mol. The lowest BCUT2D eigenvalue weighted by molar-refractivity contribution is 0.1000. The predicted molar refractivity (Wildman–Crippen MR) is 93.0 cm³/mol. The fourth-order valence-corrected chi connectivity index (χ4v) is 3.32. The molecule has 0 bridgehead atoms. The minimum Gasteiger partial charge on any atom is -0.366 e. The van der Waals surface area contributed by atoms with E-state index >= 15 is 0 Å². The van der Waals surface area contributed by atoms with Gasteiger partial charge in [0.05, 0.1) is 11.0 Å². The molecule has 1 fully saturated rings. The van der Waals surface area contributed by atoms with Crippen LogP contribution in [0.5, 0.6) is 0 Å². The van der Waals surface area contributed by atoms with E-state index in [1.165, 1.54) is 0 Å². The summed E-state index contributed by atoms with van der Waals surface area (Å²) in [4.78, 5) is 26.2. The number of H-pyrrole nitrogens is 1. The second-order valence-electron chi connectivity index (χ2n) is 6.19. The molecule has 6 heteroatoms. The number of benzene rings is 1. The van der Waals surface area contributed by atoms with E-state index in [9.17, 15) is 4.79 Å². The molecule has 122 valence electrons. The van der Waals surface area contributed by atoms with Gasteiger partial charge in [-0.3, -0.25) is 4.79 Å². The molecule has 2 aromatic heterocycles. The molecule has 0 spiro atoms. The van der Waals surface area contributed by atoms with Crippen LogP contribution in [0.15, 0.2) is 42.6 Å². The first-order valence-corrected chi connectivity index (χ1v) is 8.16. The normalized spacial score (nSPS) is 18.0. The lowest BCUT2D eigenvalue weighted by atomic mass is 9.97. The number of amides is 1. The summed E-state index contributed by atoms with van der Waals surface area (Å²) in [6, 6.07) is 11.5. The van der Waals surface area contributed by atoms with Crippen LogP contribution in [0.3, 0.4) is 0 Å². The Kier molecular flexibility index (Phi) is 3.65. The third-order valence-electron chi connectivity index (χ3n) is 4.57. The first-order chi connectivity index (χ1) is 11.7. The summed E-state index contributed by atoms with van der Waals surface area (Å²) in [7, 11) is 0. The number of pyridine rings is 1. The maximum absolute atomic E-state index is 11.4. The number of anilines is 1. The summed E-state index contributed by atoms with van der Waals surface area (Å²) < 4.78 is 0. The van der Waals surface area contributed by atoms with Gasteiger partial charge in [-0.05, 0) is 37.1 Å². The molecule has 1 aliphatic rings. The largest absolute Gasteiger partial charge is 0.366 e. The number of hydrogen-bond acceptors (Lipinski definition) is 4. The zero-order valence-electron chi connectivity index (χ0n) is 13.3. The third-order valence-corrected chi connectivity index (χ3v) is 4.57. The summed E-state index contributed by atoms with van der Waals surface area (Å²) in [5.74, 6) is 1.72. The number of fused-ring (bicyclic) bond motifs is 1. The van der Waals surface area contributed by atoms with E-state index in [0.717, 1.165) is 48.6 Å². The van der Waals surface area contributed by atoms with E-state index in [0.29, 0.717) is 11.5 Å². The highest BCUT2D eigenvalue weighted by atomic mass is 16.1. The van der Waals surface area contributed by atoms with E-state index < -0.39 is 5.91 Å². The summed E-state index contributed by atoms with van der Waals surface area (Å²) in [5, 5.41) is 0. The van der Waals surface area contributed by atoms with Crippen molar-refractivity contribution in [3.05, 3.63) is 54.0 Å². The highest BCUT2D eigenvalue weighted by Gasteiger charge is 2.25. The quantitative estimate of drug-likeness (QED) is 0.775. The Morgan fingerprint density at radius 3 is 3.00 bits per heavy atom. The van der Waals surface area contributed by atoms with Crippen molar-refractivity contribution in [3.63, 3.8) is 0 Å². The molecule has 1 amide bonds. The van der Waals surface area contributed by atoms with Crippen molar-refractivity contribution in [2.45, 2.75) is 18.8 Å². The number of para-hydroxylation sites is 2. The van der Waals surface area contributed by atoms with Crippen LogP contribution in [0, 0.1) is 0 Å². The van der Waals surface area contributed by atoms with Crippen LogP contribution in [0.1, 0.15) is 34.9 Å². The van der Waals surface area contributed by atoms with Crippen molar-refractivity contribution < 1.29 is 4.79 Å². The number of nitrogens with zero attached hydrogens (tertiary/aromatic N) is 3. The van der Waals surface area contributed by atoms with Crippen molar-refractivity contribution in [1.82, 2.24) is 15.0 Å². The summed E-state index contributed by atoms with van der Waals surface area (Å²) in [5.41, 5.74) is 7.93. The van der Waals surface area contributed by atoms with Crippen molar-refractivity contribution in [3.8, 4) is 0 Å². The van der Waals surface area contributed by atoms with Gasteiger partial charge in [0.15, 0.2) is 0 Å². The summed E-state index contributed by atoms with van der Waals surface area (Å²) in [6.45, 7) is 1.75. The third kappa shape index (κ3) is 2.71. The molecule has 0 unspecified atom stereocenters. The molecule has 4 rings (SSSR count). The number of carbonyl (C=O) groups is 1. The van der Waals surface area contributed by atoms with Crippen LogP contribution < -0.4 is 10.6 Å². The van der Waals surface area contributed by atoms with Gasteiger partial charge in [0.2, 0.25) is 5.91 Å². The van der Waals surface area contributed by atoms with Gasteiger partial charge in [-0.15, -0.1) is 0 Å². The van der Waals surface area contributed by atoms with Crippen molar-refractivity contribution >= 4 is 22.8 Å². The number of primary amides is 1. The summed E-state index contributed by atoms with van der Waals surface area (Å²) >= 11 is 0. The Bertz CT molecular complexity index is 855. The monoisotopic (exact) mass is 321 g/mol. The SMILES string of the molecule is NC(=O)c1ccnc(N2CCC[C@H](c3nc4ccccc4[nH]3)C2)c1. The van der Waals surface area contributed by atoms with Crippen LogP contribution >= 0.6 is 0 Å². The number of carbonyl (C=O) groups excluding carboxylic acids is 1. The van der Waals surface area contributed by atoms with Gasteiger partial charge >= 0.3 is 0 Å². The molecule has 0 saturated carbocycles. The number of piperidine rings is 1. The van der Waals surface area contributed by atoms with Crippen LogP contribution in [0.25, 0.3) is 11.0 Å². The summed E-state index contributed by atoms with van der Waals surface area (Å²) in [6.07, 6.45) is 3.79. The molecule has 1 aliphatic heterocycles. The van der Waals surface area contributed by atoms with Crippen LogP contribution in [0.2, 0.25) is 0 Å². The van der Waals surface area contributed by atoms with Gasteiger partial charge in [0.25, 0.3) is 0 Å². The number of rotatable bonds is 3. The molecule has 24 heavy (non-hydrogen) atoms. The average Bonchev–Trinajstić information content (AvgIpc) is 3.06. The first-order valence-electron chi connectivity index (χ1n) is 8.16. The Morgan fingerprint density at radius 1 is 1.29 bits per heavy atom. The van der Waals surface area contributed by atoms with Gasteiger partial charge in [0.1, 0.15) is 11.6 Å². The molecule has 3 aromatic rings. The van der Waals surface area contributed by atoms with Gasteiger partial charge in [-0.1, -0.05) is 12.1 Å². The predicted octanol–water partition coefficient (Wildman–Crippen LogP) is 2.44. The number of nitrogens with one attached hydrogen (secondary N) is 1. The standard InChI is InChI=1S/C18H19N5O/c19-17(24)12-7-8-20-16(10-12)23-9-3-4-13(11-23)18-21-14-5-1-2-6-15(14)22-18/h1-2,5-8,10,13H,3-4,9,11H2,(H2,19,24)(H,21,22)/t13-/m0/s1. The average molecular weight is 321 g/mol. The number of hydrogen-bond donors (Lipinski definition) is 2. The van der Waals surface area contributed by atoms with Crippen LogP contribution in [-0.4, -0.2) is 33.9 Å². The molecule has 1 aromatic carbocycles. The Labute approximate surface area is 139 Å². The molecule has 6 nitrogen and oxygen atoms in total. The highest BCUT2D eigenvalue weighted by Crippen LogP contribution is 2.29. The number of imidazole rings is 1. The first kappa shape index (κ1) is 14.7. The Balaban J connectivity index is 1.59. The molecule has 1 saturated heterocycles. The minimum atomic E-state index is -0.426. The lowest BCUT2D eigenvalue weighted by Gasteiger charge is -2.32. The number of nitrogens with two attached hydrogens (primary N) is 1. The van der Waals surface area contributed by atoms with E-state index in [2.05, 4.69) is 14.9 Å². The topological polar surface area (TPSA) is 87.9 Å². The number of aromatic nitrogens is 3. The fraction of sp³-hybridized carbons (Fsp3) is 0.278. The molecule has 3 N–H and O–H groups in total. The zero-order chi connectivity index (χ0) is 16.5. The van der Waals surface area contributed by atoms with Crippen molar-refractivity contribution in [1.29, 1.82) is 0 Å². The molecule has 0 aliphatic carbocycles. The molecule has 0 radical (unpaired) electrons. The van der Waals surface area contributed by atoms with Gasteiger partial charge < -0.3 is 15.6 Å². The lowest BCUT2D eigenvalue weighted by Crippen LogP contribution is -2.35. The molecule has 3 heterocycles. The van der Waals surface area contributed by atoms with Gasteiger partial charge in [-0.2, -0.15) is 0 Å². The van der Waals surface area contributed by atoms with E-state index in [4.69, 9.17) is 10.7 Å². The molecular formula is C18H19N5O. The van der Waals surface area contributed by atoms with E-state index in [1.807, 2.05) is 24.3 Å². The minimum absolute atomic E-state index is 0.324. The zero-order valence-corrected chi connectivity index (χ0v) is 13.3. The number of aromatic amines is 1. The van der Waals surface area contributed by atoms with E-state index in [-0.39, 0.29) is 0 Å². The maximum Gasteiger partial charge on any atom is 0.248 e. The maximum atomic E-state index is 11.4. The Hall–Kier alpha value is -2.89. The van der Waals surface area contributed by atoms with Crippen LogP contribution in [-0.2, 0) is 0 Å². The Morgan fingerprint density at radius 2 is 2.17 bits per heavy atom. The second kappa shape index (κ2) is 5.96. The second-order valence-corrected chi connectivity index (χ2v) is 6.19. The van der Waals surface area contributed by atoms with Gasteiger partial charge in [0, 0.05) is 30.8 Å². The fourth-order valence-electron chi connectivity index (χ4n) is 3.32. The molecule has 1 atom stereocenters. The van der Waals surface area contributed by atoms with Crippen molar-refractivity contribution in [2.75, 3.05) is 18.0 Å². The van der Waals surface area contributed by atoms with Crippen molar-refractivity contribution in [2.24, 2.45) is 5.73 Å². The van der Waals surface area contributed by atoms with Crippen LogP contribution in [0.4, 0.5) is 5.82 Å². The van der Waals surface area contributed by atoms with Gasteiger partial charge in [-0.25, -0.2) is 9.97 Å². The smallest absolute Gasteiger partial charge is 0.248 e. The highest BCUT2D eigenvalue weighted by molar-refractivity contribution is 5.93.